The van der Waals surface area contributed by atoms with Crippen LogP contribution >= 0.6 is 0 Å². The molecule has 0 radical (unpaired) electrons. The fourth-order valence-corrected chi connectivity index (χ4v) is 1.75. The summed E-state index contributed by atoms with van der Waals surface area (Å²) in [5.74, 6) is 1.21. The molecule has 0 aliphatic carbocycles. The Morgan fingerprint density at radius 1 is 1.47 bits per heavy atom. The van der Waals surface area contributed by atoms with Gasteiger partial charge >= 0.3 is 0 Å². The van der Waals surface area contributed by atoms with Crippen LogP contribution in [0.4, 0.5) is 0 Å². The molecular formula is C13H22N2O2. The molecule has 1 heterocycles. The van der Waals surface area contributed by atoms with Crippen LogP contribution in [0.1, 0.15) is 33.0 Å². The van der Waals surface area contributed by atoms with Gasteiger partial charge in [-0.3, -0.25) is 4.79 Å². The van der Waals surface area contributed by atoms with Crippen molar-refractivity contribution in [2.75, 3.05) is 0 Å². The first-order valence-corrected chi connectivity index (χ1v) is 6.07. The molecule has 2 atom stereocenters. The molecule has 17 heavy (non-hydrogen) atoms. The maximum absolute atomic E-state index is 11.8. The van der Waals surface area contributed by atoms with Crippen molar-refractivity contribution in [2.45, 2.75) is 45.7 Å². The van der Waals surface area contributed by atoms with Crippen LogP contribution in [-0.2, 0) is 11.2 Å². The van der Waals surface area contributed by atoms with Gasteiger partial charge in [0.15, 0.2) is 0 Å². The zero-order valence-electron chi connectivity index (χ0n) is 10.8. The van der Waals surface area contributed by atoms with Crippen molar-refractivity contribution < 1.29 is 9.21 Å². The van der Waals surface area contributed by atoms with E-state index in [9.17, 15) is 4.79 Å². The maximum atomic E-state index is 11.8. The summed E-state index contributed by atoms with van der Waals surface area (Å²) in [5, 5.41) is 2.90. The number of carbonyl (C=O) groups excluding carboxylic acids is 1. The van der Waals surface area contributed by atoms with Gasteiger partial charge in [-0.05, 0) is 31.4 Å². The molecule has 1 amide bonds. The fraction of sp³-hybridized carbons (Fsp3) is 0.615. The minimum atomic E-state index is -0.422. The lowest BCUT2D eigenvalue weighted by Crippen LogP contribution is -2.45. The van der Waals surface area contributed by atoms with E-state index in [-0.39, 0.29) is 11.9 Å². The quantitative estimate of drug-likeness (QED) is 0.792. The Kier molecular flexibility index (Phi) is 5.22. The van der Waals surface area contributed by atoms with Gasteiger partial charge in [0.05, 0.1) is 12.3 Å². The van der Waals surface area contributed by atoms with E-state index < -0.39 is 6.04 Å². The number of rotatable bonds is 6. The number of furan rings is 1. The lowest BCUT2D eigenvalue weighted by atomic mass is 10.0. The molecular weight excluding hydrogens is 216 g/mol. The molecule has 1 rings (SSSR count). The highest BCUT2D eigenvalue weighted by Crippen LogP contribution is 2.06. The van der Waals surface area contributed by atoms with E-state index in [0.29, 0.717) is 18.8 Å². The van der Waals surface area contributed by atoms with Gasteiger partial charge < -0.3 is 15.5 Å². The summed E-state index contributed by atoms with van der Waals surface area (Å²) in [6.45, 7) is 6.06. The summed E-state index contributed by atoms with van der Waals surface area (Å²) in [6.07, 6.45) is 3.03. The normalized spacial score (nSPS) is 14.6. The van der Waals surface area contributed by atoms with Crippen molar-refractivity contribution in [3.63, 3.8) is 0 Å². The van der Waals surface area contributed by atoms with Crippen LogP contribution in [0.25, 0.3) is 0 Å². The summed E-state index contributed by atoms with van der Waals surface area (Å²) >= 11 is 0. The Morgan fingerprint density at radius 2 is 2.18 bits per heavy atom. The molecule has 3 N–H and O–H groups in total. The van der Waals surface area contributed by atoms with E-state index in [2.05, 4.69) is 19.2 Å². The molecule has 0 bridgehead atoms. The second-order valence-electron chi connectivity index (χ2n) is 4.93. The van der Waals surface area contributed by atoms with Crippen molar-refractivity contribution >= 4 is 5.91 Å². The number of amides is 1. The van der Waals surface area contributed by atoms with Gasteiger partial charge in [0.2, 0.25) is 5.91 Å². The average Bonchev–Trinajstić information content (AvgIpc) is 2.68. The molecule has 0 saturated heterocycles. The topological polar surface area (TPSA) is 68.3 Å². The van der Waals surface area contributed by atoms with Crippen LogP contribution in [0, 0.1) is 5.92 Å². The van der Waals surface area contributed by atoms with E-state index in [1.165, 1.54) is 0 Å². The third-order valence-electron chi connectivity index (χ3n) is 2.54. The summed E-state index contributed by atoms with van der Waals surface area (Å²) in [5.41, 5.74) is 5.80. The highest BCUT2D eigenvalue weighted by Gasteiger charge is 2.17. The Morgan fingerprint density at radius 3 is 2.71 bits per heavy atom. The Bertz CT molecular complexity index is 333. The van der Waals surface area contributed by atoms with E-state index in [4.69, 9.17) is 10.2 Å². The third kappa shape index (κ3) is 5.04. The summed E-state index contributed by atoms with van der Waals surface area (Å²) < 4.78 is 5.23. The van der Waals surface area contributed by atoms with Crippen LogP contribution in [-0.4, -0.2) is 18.0 Å². The first-order valence-electron chi connectivity index (χ1n) is 6.07. The highest BCUT2D eigenvalue weighted by atomic mass is 16.3. The zero-order valence-corrected chi connectivity index (χ0v) is 10.8. The smallest absolute Gasteiger partial charge is 0.237 e. The Balaban J connectivity index is 2.35. The number of carbonyl (C=O) groups is 1. The van der Waals surface area contributed by atoms with Crippen LogP contribution in [0.2, 0.25) is 0 Å². The van der Waals surface area contributed by atoms with Gasteiger partial charge in [-0.15, -0.1) is 0 Å². The maximum Gasteiger partial charge on any atom is 0.237 e. The fourth-order valence-electron chi connectivity index (χ4n) is 1.75. The highest BCUT2D eigenvalue weighted by molar-refractivity contribution is 5.81. The lowest BCUT2D eigenvalue weighted by Gasteiger charge is -2.18. The van der Waals surface area contributed by atoms with Crippen LogP contribution in [0.5, 0.6) is 0 Å². The van der Waals surface area contributed by atoms with Crippen molar-refractivity contribution in [2.24, 2.45) is 11.7 Å². The zero-order chi connectivity index (χ0) is 12.8. The molecule has 1 aromatic heterocycles. The minimum Gasteiger partial charge on any atom is -0.469 e. The molecule has 0 aromatic carbocycles. The minimum absolute atomic E-state index is 0.0341. The van der Waals surface area contributed by atoms with Crippen molar-refractivity contribution in [3.05, 3.63) is 24.2 Å². The molecule has 2 unspecified atom stereocenters. The van der Waals surface area contributed by atoms with Gasteiger partial charge in [-0.1, -0.05) is 13.8 Å². The van der Waals surface area contributed by atoms with E-state index in [1.807, 2.05) is 19.1 Å². The van der Waals surface area contributed by atoms with Crippen LogP contribution < -0.4 is 11.1 Å². The second kappa shape index (κ2) is 6.45. The molecule has 0 fully saturated rings. The molecule has 0 aliphatic rings. The SMILES string of the molecule is CC(C)CC(N)C(=O)NC(C)Cc1ccco1. The van der Waals surface area contributed by atoms with Gasteiger partial charge in [0, 0.05) is 12.5 Å². The van der Waals surface area contributed by atoms with Crippen LogP contribution in [0.15, 0.2) is 22.8 Å². The van der Waals surface area contributed by atoms with Gasteiger partial charge in [0.1, 0.15) is 5.76 Å². The summed E-state index contributed by atoms with van der Waals surface area (Å²) in [6, 6.07) is 3.35. The molecule has 0 aliphatic heterocycles. The predicted molar refractivity (Wildman–Crippen MR) is 67.4 cm³/mol. The average molecular weight is 238 g/mol. The second-order valence-corrected chi connectivity index (χ2v) is 4.93. The first-order chi connectivity index (χ1) is 7.99. The molecule has 4 heteroatoms. The van der Waals surface area contributed by atoms with Gasteiger partial charge in [-0.2, -0.15) is 0 Å². The van der Waals surface area contributed by atoms with Gasteiger partial charge in [-0.25, -0.2) is 0 Å². The predicted octanol–water partition coefficient (Wildman–Crippen LogP) is 1.70. The standard InChI is InChI=1S/C13H22N2O2/c1-9(2)7-12(14)13(16)15-10(3)8-11-5-4-6-17-11/h4-6,9-10,12H,7-8,14H2,1-3H3,(H,15,16). The van der Waals surface area contributed by atoms with Crippen molar-refractivity contribution in [1.82, 2.24) is 5.32 Å². The molecule has 96 valence electrons. The number of nitrogens with two attached hydrogens (primary N) is 1. The number of hydrogen-bond donors (Lipinski definition) is 2. The van der Waals surface area contributed by atoms with Crippen molar-refractivity contribution in [1.29, 1.82) is 0 Å². The molecule has 1 aromatic rings. The van der Waals surface area contributed by atoms with E-state index >= 15 is 0 Å². The Labute approximate surface area is 103 Å². The first kappa shape index (κ1) is 13.8. The largest absolute Gasteiger partial charge is 0.469 e. The molecule has 4 nitrogen and oxygen atoms in total. The number of hydrogen-bond acceptors (Lipinski definition) is 3. The third-order valence-corrected chi connectivity index (χ3v) is 2.54. The summed E-state index contributed by atoms with van der Waals surface area (Å²) in [4.78, 5) is 11.8. The monoisotopic (exact) mass is 238 g/mol. The molecule has 0 spiro atoms. The number of nitrogens with one attached hydrogen (secondary N) is 1. The lowest BCUT2D eigenvalue weighted by molar-refractivity contribution is -0.123. The van der Waals surface area contributed by atoms with Crippen LogP contribution in [0.3, 0.4) is 0 Å². The van der Waals surface area contributed by atoms with E-state index in [0.717, 1.165) is 5.76 Å². The van der Waals surface area contributed by atoms with Gasteiger partial charge in [0.25, 0.3) is 0 Å². The Hall–Kier alpha value is -1.29. The molecule has 0 saturated carbocycles. The van der Waals surface area contributed by atoms with E-state index in [1.54, 1.807) is 6.26 Å². The summed E-state index contributed by atoms with van der Waals surface area (Å²) in [7, 11) is 0. The van der Waals surface area contributed by atoms with Crippen molar-refractivity contribution in [3.8, 4) is 0 Å².